The van der Waals surface area contributed by atoms with Gasteiger partial charge in [-0.15, -0.1) is 0 Å². The van der Waals surface area contributed by atoms with E-state index >= 15 is 0 Å². The van der Waals surface area contributed by atoms with Crippen LogP contribution in [0.5, 0.6) is 0 Å². The topological polar surface area (TPSA) is 78.9 Å². The van der Waals surface area contributed by atoms with Crippen molar-refractivity contribution in [2.75, 3.05) is 13.2 Å². The fourth-order valence-corrected chi connectivity index (χ4v) is 8.22. The maximum atomic E-state index is 12.8. The van der Waals surface area contributed by atoms with Crippen LogP contribution in [0.1, 0.15) is 297 Å². The fourth-order valence-electron chi connectivity index (χ4n) is 8.22. The molecule has 0 spiro atoms. The zero-order valence-corrected chi connectivity index (χ0v) is 42.8. The Kier molecular flexibility index (Phi) is 51.3. The van der Waals surface area contributed by atoms with Gasteiger partial charge in [0.25, 0.3) is 0 Å². The molecule has 6 heteroatoms. The molecule has 0 aromatic carbocycles. The molecule has 64 heavy (non-hydrogen) atoms. The first-order valence-corrected chi connectivity index (χ1v) is 28.0. The Balaban J connectivity index is 4.28. The van der Waals surface area contributed by atoms with Crippen LogP contribution in [0.2, 0.25) is 0 Å². The summed E-state index contributed by atoms with van der Waals surface area (Å²) in [7, 11) is 0. The summed E-state index contributed by atoms with van der Waals surface area (Å²) in [5, 5.41) is 0. The van der Waals surface area contributed by atoms with Gasteiger partial charge < -0.3 is 14.2 Å². The van der Waals surface area contributed by atoms with Gasteiger partial charge in [0.2, 0.25) is 0 Å². The van der Waals surface area contributed by atoms with Crippen LogP contribution in [0.4, 0.5) is 0 Å². The zero-order chi connectivity index (χ0) is 46.5. The number of hydrogen-bond donors (Lipinski definition) is 0. The molecule has 1 atom stereocenters. The van der Waals surface area contributed by atoms with Crippen molar-refractivity contribution in [2.24, 2.45) is 0 Å². The van der Waals surface area contributed by atoms with Crippen molar-refractivity contribution in [2.45, 2.75) is 303 Å². The molecular formula is C58H106O6. The molecule has 0 amide bonds. The molecule has 0 aliphatic rings. The summed E-state index contributed by atoms with van der Waals surface area (Å²) in [6.45, 7) is 6.54. The predicted octanol–water partition coefficient (Wildman–Crippen LogP) is 18.5. The first-order valence-electron chi connectivity index (χ1n) is 28.0. The van der Waals surface area contributed by atoms with E-state index in [4.69, 9.17) is 14.2 Å². The third-order valence-corrected chi connectivity index (χ3v) is 12.4. The maximum absolute atomic E-state index is 12.8. The minimum absolute atomic E-state index is 0.0747. The second-order valence-corrected chi connectivity index (χ2v) is 18.8. The highest BCUT2D eigenvalue weighted by Gasteiger charge is 2.19. The molecule has 0 fully saturated rings. The second kappa shape index (κ2) is 53.2. The average Bonchev–Trinajstić information content (AvgIpc) is 3.29. The molecule has 6 nitrogen and oxygen atoms in total. The lowest BCUT2D eigenvalue weighted by Crippen LogP contribution is -2.30. The van der Waals surface area contributed by atoms with Crippen molar-refractivity contribution in [3.8, 4) is 0 Å². The largest absolute Gasteiger partial charge is 0.462 e. The van der Waals surface area contributed by atoms with E-state index in [1.54, 1.807) is 0 Å². The van der Waals surface area contributed by atoms with Crippen LogP contribution >= 0.6 is 0 Å². The normalized spacial score (nSPS) is 12.2. The maximum Gasteiger partial charge on any atom is 0.306 e. The molecule has 0 N–H and O–H groups in total. The van der Waals surface area contributed by atoms with E-state index in [1.807, 2.05) is 0 Å². The van der Waals surface area contributed by atoms with E-state index in [0.29, 0.717) is 19.3 Å². The Morgan fingerprint density at radius 3 is 0.953 bits per heavy atom. The van der Waals surface area contributed by atoms with E-state index in [1.165, 1.54) is 161 Å². The van der Waals surface area contributed by atoms with Gasteiger partial charge in [-0.1, -0.05) is 263 Å². The smallest absolute Gasteiger partial charge is 0.306 e. The molecule has 374 valence electrons. The van der Waals surface area contributed by atoms with Crippen LogP contribution in [0.3, 0.4) is 0 Å². The summed E-state index contributed by atoms with van der Waals surface area (Å²) in [4.78, 5) is 38.0. The van der Waals surface area contributed by atoms with Crippen molar-refractivity contribution in [3.63, 3.8) is 0 Å². The molecule has 0 saturated carbocycles. The number of ether oxygens (including phenoxy) is 3. The predicted molar refractivity (Wildman–Crippen MR) is 275 cm³/mol. The summed E-state index contributed by atoms with van der Waals surface area (Å²) >= 11 is 0. The third kappa shape index (κ3) is 50.6. The van der Waals surface area contributed by atoms with E-state index in [-0.39, 0.29) is 31.1 Å². The molecular weight excluding hydrogens is 793 g/mol. The van der Waals surface area contributed by atoms with Gasteiger partial charge in [-0.3, -0.25) is 14.4 Å². The molecule has 0 radical (unpaired) electrons. The van der Waals surface area contributed by atoms with Gasteiger partial charge in [-0.25, -0.2) is 0 Å². The summed E-state index contributed by atoms with van der Waals surface area (Å²) in [5.41, 5.74) is 0. The Labute approximate surface area is 397 Å². The van der Waals surface area contributed by atoms with Crippen LogP contribution in [-0.4, -0.2) is 37.2 Å². The number of rotatable bonds is 51. The van der Waals surface area contributed by atoms with Crippen LogP contribution in [0.25, 0.3) is 0 Å². The molecule has 0 heterocycles. The Morgan fingerprint density at radius 1 is 0.328 bits per heavy atom. The summed E-state index contributed by atoms with van der Waals surface area (Å²) in [6, 6.07) is 0. The van der Waals surface area contributed by atoms with Gasteiger partial charge in [0.1, 0.15) is 13.2 Å². The van der Waals surface area contributed by atoms with Gasteiger partial charge >= 0.3 is 17.9 Å². The summed E-state index contributed by atoms with van der Waals surface area (Å²) in [5.74, 6) is -0.876. The van der Waals surface area contributed by atoms with Crippen molar-refractivity contribution in [1.82, 2.24) is 0 Å². The van der Waals surface area contributed by atoms with Crippen LogP contribution in [0, 0.1) is 0 Å². The van der Waals surface area contributed by atoms with Gasteiger partial charge in [-0.05, 0) is 51.4 Å². The van der Waals surface area contributed by atoms with Crippen molar-refractivity contribution in [3.05, 3.63) is 36.5 Å². The quantitative estimate of drug-likeness (QED) is 0.0262. The first kappa shape index (κ1) is 61.6. The molecule has 0 aromatic heterocycles. The van der Waals surface area contributed by atoms with Crippen LogP contribution in [-0.2, 0) is 28.6 Å². The summed E-state index contributed by atoms with van der Waals surface area (Å²) in [6.07, 6.45) is 62.8. The monoisotopic (exact) mass is 899 g/mol. The average molecular weight is 899 g/mol. The third-order valence-electron chi connectivity index (χ3n) is 12.4. The minimum atomic E-state index is -0.776. The number of carbonyl (C=O) groups is 3. The number of carbonyl (C=O) groups excluding carboxylic acids is 3. The number of allylic oxidation sites excluding steroid dienone is 6. The molecule has 0 aliphatic carbocycles. The molecule has 0 bridgehead atoms. The fraction of sp³-hybridized carbons (Fsp3) is 0.845. The zero-order valence-electron chi connectivity index (χ0n) is 42.8. The molecule has 0 rings (SSSR count). The number of esters is 3. The van der Waals surface area contributed by atoms with Crippen molar-refractivity contribution >= 4 is 17.9 Å². The van der Waals surface area contributed by atoms with Crippen LogP contribution in [0.15, 0.2) is 36.5 Å². The minimum Gasteiger partial charge on any atom is -0.462 e. The van der Waals surface area contributed by atoms with Gasteiger partial charge in [0.15, 0.2) is 6.10 Å². The Morgan fingerprint density at radius 2 is 0.609 bits per heavy atom. The molecule has 0 aliphatic heterocycles. The van der Waals surface area contributed by atoms with E-state index in [0.717, 1.165) is 96.3 Å². The highest BCUT2D eigenvalue weighted by Crippen LogP contribution is 2.17. The second-order valence-electron chi connectivity index (χ2n) is 18.8. The Hall–Kier alpha value is -2.37. The van der Waals surface area contributed by atoms with Gasteiger partial charge in [0.05, 0.1) is 0 Å². The SMILES string of the molecule is CC/C=C\C/C=C\C/C=C\CCCCCCCC(=O)OC(COC(=O)CCCCCCCCCCCCC)COC(=O)CCCCCCCCCCCCCCCCCCCCCC. The van der Waals surface area contributed by atoms with E-state index < -0.39 is 6.10 Å². The first-order chi connectivity index (χ1) is 31.5. The Bertz CT molecular complexity index is 1080. The lowest BCUT2D eigenvalue weighted by molar-refractivity contribution is -0.167. The van der Waals surface area contributed by atoms with Gasteiger partial charge in [-0.2, -0.15) is 0 Å². The summed E-state index contributed by atoms with van der Waals surface area (Å²) < 4.78 is 16.8. The lowest BCUT2D eigenvalue weighted by atomic mass is 10.0. The number of unbranched alkanes of at least 4 members (excludes halogenated alkanes) is 34. The standard InChI is InChI=1S/C58H106O6/c1-4-7-10-13-16-19-22-24-26-27-28-29-30-32-33-36-39-42-45-48-51-57(60)63-54-55(53-62-56(59)50-47-44-41-38-35-21-18-15-12-9-6-3)64-58(61)52-49-46-43-40-37-34-31-25-23-20-17-14-11-8-5-2/h8,11,17,20,25,31,55H,4-7,9-10,12-16,18-19,21-24,26-30,32-54H2,1-3H3/b11-8-,20-17-,31-25-. The van der Waals surface area contributed by atoms with Gasteiger partial charge in [0, 0.05) is 19.3 Å². The van der Waals surface area contributed by atoms with Crippen molar-refractivity contribution in [1.29, 1.82) is 0 Å². The number of hydrogen-bond acceptors (Lipinski definition) is 6. The van der Waals surface area contributed by atoms with Crippen molar-refractivity contribution < 1.29 is 28.6 Å². The highest BCUT2D eigenvalue weighted by atomic mass is 16.6. The van der Waals surface area contributed by atoms with E-state index in [9.17, 15) is 14.4 Å². The molecule has 0 aromatic rings. The van der Waals surface area contributed by atoms with Crippen LogP contribution < -0.4 is 0 Å². The lowest BCUT2D eigenvalue weighted by Gasteiger charge is -2.18. The highest BCUT2D eigenvalue weighted by molar-refractivity contribution is 5.71. The molecule has 0 saturated heterocycles. The van der Waals surface area contributed by atoms with E-state index in [2.05, 4.69) is 57.2 Å². The molecule has 1 unspecified atom stereocenters.